The van der Waals surface area contributed by atoms with Crippen LogP contribution in [0.2, 0.25) is 0 Å². The number of rotatable bonds is 3. The predicted molar refractivity (Wildman–Crippen MR) is 84.3 cm³/mol. The fourth-order valence-electron chi connectivity index (χ4n) is 1.98. The van der Waals surface area contributed by atoms with Gasteiger partial charge in [-0.15, -0.1) is 10.2 Å². The average Bonchev–Trinajstić information content (AvgIpc) is 2.72. The van der Waals surface area contributed by atoms with E-state index in [0.29, 0.717) is 0 Å². The van der Waals surface area contributed by atoms with Gasteiger partial charge in [0.25, 0.3) is 0 Å². The summed E-state index contributed by atoms with van der Waals surface area (Å²) in [5, 5.41) is 9.17. The quantitative estimate of drug-likeness (QED) is 0.696. The molecule has 0 fully saturated rings. The highest BCUT2D eigenvalue weighted by atomic mass is 32.2. The number of nitrogens with two attached hydrogens (primary N) is 1. The molecule has 2 rings (SSSR count). The van der Waals surface area contributed by atoms with Crippen molar-refractivity contribution >= 4 is 11.8 Å². The minimum absolute atomic E-state index is 0.0974. The number of aromatic nitrogens is 3. The smallest absolute Gasteiger partial charge is 0.210 e. The molecule has 0 bridgehead atoms. The van der Waals surface area contributed by atoms with Crippen molar-refractivity contribution in [2.75, 3.05) is 5.84 Å². The molecule has 0 atom stereocenters. The molecule has 0 aliphatic heterocycles. The van der Waals surface area contributed by atoms with Crippen LogP contribution < -0.4 is 5.84 Å². The van der Waals surface area contributed by atoms with Gasteiger partial charge >= 0.3 is 0 Å². The summed E-state index contributed by atoms with van der Waals surface area (Å²) in [5.41, 5.74) is 3.79. The number of nitrogen functional groups attached to an aromatic ring is 1. The molecular formula is C15H22N4S. The van der Waals surface area contributed by atoms with Gasteiger partial charge < -0.3 is 5.84 Å². The third-order valence-electron chi connectivity index (χ3n) is 3.20. The zero-order valence-electron chi connectivity index (χ0n) is 12.8. The molecule has 1 heterocycles. The van der Waals surface area contributed by atoms with Gasteiger partial charge in [0.05, 0.1) is 0 Å². The van der Waals surface area contributed by atoms with Crippen molar-refractivity contribution in [3.63, 3.8) is 0 Å². The summed E-state index contributed by atoms with van der Waals surface area (Å²) in [4.78, 5) is 0. The maximum Gasteiger partial charge on any atom is 0.210 e. The number of thioether (sulfide) groups is 1. The Kier molecular flexibility index (Phi) is 4.09. The van der Waals surface area contributed by atoms with Crippen molar-refractivity contribution in [3.05, 3.63) is 40.7 Å². The van der Waals surface area contributed by atoms with Gasteiger partial charge in [-0.2, -0.15) is 0 Å². The Bertz CT molecular complexity index is 611. The lowest BCUT2D eigenvalue weighted by atomic mass is 9.96. The van der Waals surface area contributed by atoms with E-state index in [4.69, 9.17) is 5.84 Å². The molecule has 2 aromatic rings. The van der Waals surface area contributed by atoms with Crippen molar-refractivity contribution < 1.29 is 0 Å². The van der Waals surface area contributed by atoms with E-state index in [2.05, 4.69) is 63.0 Å². The molecule has 108 valence electrons. The number of nitrogens with zero attached hydrogens (tertiary/aromatic N) is 3. The van der Waals surface area contributed by atoms with Gasteiger partial charge in [0.1, 0.15) is 0 Å². The first-order chi connectivity index (χ1) is 9.29. The van der Waals surface area contributed by atoms with Gasteiger partial charge in [-0.1, -0.05) is 56.3 Å². The maximum absolute atomic E-state index is 6.09. The second-order valence-corrected chi connectivity index (χ2v) is 7.09. The van der Waals surface area contributed by atoms with E-state index >= 15 is 0 Å². The number of hydrogen-bond donors (Lipinski definition) is 1. The van der Waals surface area contributed by atoms with E-state index in [1.54, 1.807) is 16.4 Å². The van der Waals surface area contributed by atoms with Crippen LogP contribution in [0.25, 0.3) is 0 Å². The van der Waals surface area contributed by atoms with Crippen LogP contribution in [0, 0.1) is 13.8 Å². The minimum atomic E-state index is -0.0974. The second-order valence-electron chi connectivity index (χ2n) is 6.14. The predicted octanol–water partition coefficient (Wildman–Crippen LogP) is 3.20. The number of benzene rings is 1. The van der Waals surface area contributed by atoms with Gasteiger partial charge in [0, 0.05) is 11.2 Å². The fourth-order valence-corrected chi connectivity index (χ4v) is 2.90. The van der Waals surface area contributed by atoms with Gasteiger partial charge in [-0.05, 0) is 25.0 Å². The minimum Gasteiger partial charge on any atom is -0.336 e. The van der Waals surface area contributed by atoms with Crippen LogP contribution in [-0.2, 0) is 11.2 Å². The molecule has 0 spiro atoms. The fraction of sp³-hybridized carbons (Fsp3) is 0.467. The summed E-state index contributed by atoms with van der Waals surface area (Å²) in [5.74, 6) is 7.75. The molecule has 0 saturated carbocycles. The van der Waals surface area contributed by atoms with Crippen LogP contribution in [0.15, 0.2) is 23.4 Å². The van der Waals surface area contributed by atoms with Crippen molar-refractivity contribution in [2.45, 2.75) is 50.9 Å². The highest BCUT2D eigenvalue weighted by molar-refractivity contribution is 7.98. The summed E-state index contributed by atoms with van der Waals surface area (Å²) < 4.78 is 1.61. The van der Waals surface area contributed by atoms with Crippen LogP contribution in [0.5, 0.6) is 0 Å². The Labute approximate surface area is 124 Å². The van der Waals surface area contributed by atoms with E-state index < -0.39 is 0 Å². The van der Waals surface area contributed by atoms with Crippen LogP contribution in [-0.4, -0.2) is 14.9 Å². The summed E-state index contributed by atoms with van der Waals surface area (Å²) in [6.07, 6.45) is 0. The van der Waals surface area contributed by atoms with E-state index in [-0.39, 0.29) is 5.41 Å². The van der Waals surface area contributed by atoms with Gasteiger partial charge in [0.15, 0.2) is 5.82 Å². The molecule has 0 aliphatic rings. The van der Waals surface area contributed by atoms with Crippen molar-refractivity contribution in [1.82, 2.24) is 14.9 Å². The standard InChI is InChI=1S/C15H22N4S/c1-10-6-7-11(2)12(8-10)9-20-14-18-17-13(19(14)16)15(3,4)5/h6-8H,9,16H2,1-5H3. The monoisotopic (exact) mass is 290 g/mol. The Morgan fingerprint density at radius 3 is 2.50 bits per heavy atom. The van der Waals surface area contributed by atoms with Crippen LogP contribution >= 0.6 is 11.8 Å². The molecule has 20 heavy (non-hydrogen) atoms. The Morgan fingerprint density at radius 2 is 1.90 bits per heavy atom. The van der Waals surface area contributed by atoms with Gasteiger partial charge in [-0.25, -0.2) is 4.68 Å². The third-order valence-corrected chi connectivity index (χ3v) is 4.19. The molecule has 5 heteroatoms. The van der Waals surface area contributed by atoms with Crippen LogP contribution in [0.1, 0.15) is 43.3 Å². The molecule has 1 aromatic heterocycles. The Hall–Kier alpha value is -1.49. The maximum atomic E-state index is 6.09. The van der Waals surface area contributed by atoms with E-state index in [1.165, 1.54) is 16.7 Å². The largest absolute Gasteiger partial charge is 0.336 e. The molecule has 4 nitrogen and oxygen atoms in total. The first-order valence-electron chi connectivity index (χ1n) is 6.69. The Balaban J connectivity index is 2.16. The van der Waals surface area contributed by atoms with E-state index in [1.807, 2.05) is 0 Å². The van der Waals surface area contributed by atoms with E-state index in [9.17, 15) is 0 Å². The Morgan fingerprint density at radius 1 is 1.20 bits per heavy atom. The molecular weight excluding hydrogens is 268 g/mol. The summed E-state index contributed by atoms with van der Waals surface area (Å²) >= 11 is 1.62. The van der Waals surface area contributed by atoms with Crippen molar-refractivity contribution in [3.8, 4) is 0 Å². The topological polar surface area (TPSA) is 56.7 Å². The lowest BCUT2D eigenvalue weighted by Crippen LogP contribution is -2.24. The van der Waals surface area contributed by atoms with Gasteiger partial charge in [-0.3, -0.25) is 0 Å². The summed E-state index contributed by atoms with van der Waals surface area (Å²) in [6, 6.07) is 6.50. The lowest BCUT2D eigenvalue weighted by molar-refractivity contribution is 0.523. The first-order valence-corrected chi connectivity index (χ1v) is 7.67. The number of aryl methyl sites for hydroxylation is 2. The van der Waals surface area contributed by atoms with Crippen molar-refractivity contribution in [1.29, 1.82) is 0 Å². The van der Waals surface area contributed by atoms with Crippen molar-refractivity contribution in [2.24, 2.45) is 0 Å². The zero-order valence-corrected chi connectivity index (χ0v) is 13.6. The summed E-state index contributed by atoms with van der Waals surface area (Å²) in [6.45, 7) is 10.5. The second kappa shape index (κ2) is 5.48. The molecule has 0 aliphatic carbocycles. The molecule has 0 radical (unpaired) electrons. The molecule has 1 aromatic carbocycles. The number of hydrogen-bond acceptors (Lipinski definition) is 4. The third kappa shape index (κ3) is 3.15. The van der Waals surface area contributed by atoms with Crippen LogP contribution in [0.3, 0.4) is 0 Å². The molecule has 0 amide bonds. The van der Waals surface area contributed by atoms with Gasteiger partial charge in [0.2, 0.25) is 5.16 Å². The molecule has 0 saturated heterocycles. The SMILES string of the molecule is Cc1ccc(C)c(CSc2nnc(C(C)(C)C)n2N)c1. The highest BCUT2D eigenvalue weighted by Crippen LogP contribution is 2.26. The normalized spacial score (nSPS) is 11.8. The van der Waals surface area contributed by atoms with E-state index in [0.717, 1.165) is 16.7 Å². The highest BCUT2D eigenvalue weighted by Gasteiger charge is 2.22. The first kappa shape index (κ1) is 14.9. The van der Waals surface area contributed by atoms with Crippen LogP contribution in [0.4, 0.5) is 0 Å². The summed E-state index contributed by atoms with van der Waals surface area (Å²) in [7, 11) is 0. The zero-order chi connectivity index (χ0) is 14.9. The molecule has 2 N–H and O–H groups in total. The average molecular weight is 290 g/mol. The lowest BCUT2D eigenvalue weighted by Gasteiger charge is -2.16. The molecule has 0 unspecified atom stereocenters.